The predicted octanol–water partition coefficient (Wildman–Crippen LogP) is 2.40. The zero-order valence-corrected chi connectivity index (χ0v) is 11.2. The minimum atomic E-state index is -0.932. The number of para-hydroxylation sites is 1. The number of ether oxygens (including phenoxy) is 1. The van der Waals surface area contributed by atoms with Crippen molar-refractivity contribution >= 4 is 17.7 Å². The highest BCUT2D eigenvalue weighted by molar-refractivity contribution is 5.87. The molecular formula is C15H19NO3. The number of hydrogen-bond donors (Lipinski definition) is 1. The van der Waals surface area contributed by atoms with Crippen LogP contribution in [0.5, 0.6) is 0 Å². The molecule has 1 aliphatic rings. The van der Waals surface area contributed by atoms with Crippen LogP contribution in [0.3, 0.4) is 0 Å². The largest absolute Gasteiger partial charge is 0.478 e. The number of carboxylic acids is 1. The van der Waals surface area contributed by atoms with Gasteiger partial charge < -0.3 is 14.7 Å². The van der Waals surface area contributed by atoms with Crippen LogP contribution in [0, 0.1) is 0 Å². The Balaban J connectivity index is 2.30. The summed E-state index contributed by atoms with van der Waals surface area (Å²) in [6, 6.07) is 8.13. The minimum Gasteiger partial charge on any atom is -0.478 e. The fourth-order valence-electron chi connectivity index (χ4n) is 2.29. The highest BCUT2D eigenvalue weighted by atomic mass is 16.5. The zero-order valence-electron chi connectivity index (χ0n) is 11.2. The molecule has 0 bridgehead atoms. The third-order valence-corrected chi connectivity index (χ3v) is 3.26. The predicted molar refractivity (Wildman–Crippen MR) is 75.3 cm³/mol. The summed E-state index contributed by atoms with van der Waals surface area (Å²) >= 11 is 0. The Morgan fingerprint density at radius 1 is 1.42 bits per heavy atom. The van der Waals surface area contributed by atoms with E-state index in [1.54, 1.807) is 6.08 Å². The third kappa shape index (κ3) is 3.35. The molecule has 1 aromatic rings. The Morgan fingerprint density at radius 2 is 2.16 bits per heavy atom. The van der Waals surface area contributed by atoms with Crippen molar-refractivity contribution in [2.24, 2.45) is 0 Å². The molecule has 1 fully saturated rings. The molecule has 1 aliphatic heterocycles. The second kappa shape index (κ2) is 5.89. The van der Waals surface area contributed by atoms with E-state index < -0.39 is 5.97 Å². The maximum atomic E-state index is 10.7. The lowest BCUT2D eigenvalue weighted by Crippen LogP contribution is -2.47. The van der Waals surface area contributed by atoms with Gasteiger partial charge in [0.2, 0.25) is 0 Å². The van der Waals surface area contributed by atoms with Gasteiger partial charge in [-0.05, 0) is 31.6 Å². The van der Waals surface area contributed by atoms with Crippen molar-refractivity contribution in [3.8, 4) is 0 Å². The lowest BCUT2D eigenvalue weighted by atomic mass is 10.1. The Hall–Kier alpha value is -1.81. The van der Waals surface area contributed by atoms with Gasteiger partial charge in [0.1, 0.15) is 0 Å². The number of rotatable bonds is 3. The summed E-state index contributed by atoms with van der Waals surface area (Å²) in [5.74, 6) is -0.932. The summed E-state index contributed by atoms with van der Waals surface area (Å²) < 4.78 is 5.63. The maximum Gasteiger partial charge on any atom is 0.328 e. The molecule has 0 aliphatic carbocycles. The van der Waals surface area contributed by atoms with Gasteiger partial charge in [-0.2, -0.15) is 0 Å². The van der Waals surface area contributed by atoms with Crippen molar-refractivity contribution < 1.29 is 14.6 Å². The molecule has 19 heavy (non-hydrogen) atoms. The van der Waals surface area contributed by atoms with Crippen molar-refractivity contribution in [3.63, 3.8) is 0 Å². The van der Waals surface area contributed by atoms with Crippen LogP contribution in [-0.4, -0.2) is 36.4 Å². The molecule has 1 N–H and O–H groups in total. The quantitative estimate of drug-likeness (QED) is 0.849. The van der Waals surface area contributed by atoms with E-state index >= 15 is 0 Å². The lowest BCUT2D eigenvalue weighted by Gasteiger charge is -2.39. The van der Waals surface area contributed by atoms with E-state index in [4.69, 9.17) is 9.84 Å². The van der Waals surface area contributed by atoms with Gasteiger partial charge in [-0.15, -0.1) is 0 Å². The van der Waals surface area contributed by atoms with Crippen LogP contribution < -0.4 is 4.90 Å². The van der Waals surface area contributed by atoms with E-state index in [2.05, 4.69) is 18.7 Å². The van der Waals surface area contributed by atoms with Crippen LogP contribution in [0.25, 0.3) is 6.08 Å². The van der Waals surface area contributed by atoms with Gasteiger partial charge in [0, 0.05) is 24.4 Å². The second-order valence-electron chi connectivity index (χ2n) is 4.88. The first-order chi connectivity index (χ1) is 9.08. The van der Waals surface area contributed by atoms with Crippen molar-refractivity contribution in [3.05, 3.63) is 35.9 Å². The SMILES string of the molecule is CC1CN(c2ccccc2/C=C/C(=O)O)C(C)CO1. The van der Waals surface area contributed by atoms with E-state index in [-0.39, 0.29) is 12.1 Å². The second-order valence-corrected chi connectivity index (χ2v) is 4.88. The lowest BCUT2D eigenvalue weighted by molar-refractivity contribution is -0.131. The van der Waals surface area contributed by atoms with Crippen LogP contribution in [0.4, 0.5) is 5.69 Å². The van der Waals surface area contributed by atoms with E-state index in [1.807, 2.05) is 24.3 Å². The number of benzene rings is 1. The fraction of sp³-hybridized carbons (Fsp3) is 0.400. The minimum absolute atomic E-state index is 0.188. The number of morpholine rings is 1. The number of hydrogen-bond acceptors (Lipinski definition) is 3. The van der Waals surface area contributed by atoms with E-state index in [0.29, 0.717) is 6.61 Å². The van der Waals surface area contributed by atoms with Crippen LogP contribution in [0.15, 0.2) is 30.3 Å². The fourth-order valence-corrected chi connectivity index (χ4v) is 2.29. The Kier molecular flexibility index (Phi) is 4.22. The Morgan fingerprint density at radius 3 is 2.89 bits per heavy atom. The molecule has 1 saturated heterocycles. The molecule has 1 heterocycles. The zero-order chi connectivity index (χ0) is 13.8. The number of anilines is 1. The maximum absolute atomic E-state index is 10.7. The van der Waals surface area contributed by atoms with Crippen LogP contribution in [0.2, 0.25) is 0 Å². The molecule has 0 spiro atoms. The Labute approximate surface area is 113 Å². The summed E-state index contributed by atoms with van der Waals surface area (Å²) in [6.45, 7) is 5.68. The molecule has 2 unspecified atom stereocenters. The summed E-state index contributed by atoms with van der Waals surface area (Å²) in [6.07, 6.45) is 3.01. The molecular weight excluding hydrogens is 242 g/mol. The molecule has 2 atom stereocenters. The Bertz CT molecular complexity index is 484. The molecule has 4 heteroatoms. The van der Waals surface area contributed by atoms with E-state index in [9.17, 15) is 4.79 Å². The van der Waals surface area contributed by atoms with Crippen LogP contribution in [0.1, 0.15) is 19.4 Å². The highest BCUT2D eigenvalue weighted by Crippen LogP contribution is 2.26. The molecule has 102 valence electrons. The first kappa shape index (κ1) is 13.6. The van der Waals surface area contributed by atoms with Gasteiger partial charge in [-0.3, -0.25) is 0 Å². The number of carbonyl (C=O) groups is 1. The molecule has 0 saturated carbocycles. The molecule has 2 rings (SSSR count). The van der Waals surface area contributed by atoms with Gasteiger partial charge >= 0.3 is 5.97 Å². The number of carboxylic acid groups (broad SMARTS) is 1. The van der Waals surface area contributed by atoms with Crippen molar-refractivity contribution in [1.29, 1.82) is 0 Å². The first-order valence-electron chi connectivity index (χ1n) is 6.46. The number of aliphatic carboxylic acids is 1. The average molecular weight is 261 g/mol. The number of nitrogens with zero attached hydrogens (tertiary/aromatic N) is 1. The molecule has 1 aromatic carbocycles. The molecule has 0 aromatic heterocycles. The van der Waals surface area contributed by atoms with Gasteiger partial charge in [-0.25, -0.2) is 4.79 Å². The van der Waals surface area contributed by atoms with E-state index in [0.717, 1.165) is 17.8 Å². The van der Waals surface area contributed by atoms with Gasteiger partial charge in [0.15, 0.2) is 0 Å². The van der Waals surface area contributed by atoms with Gasteiger partial charge in [-0.1, -0.05) is 18.2 Å². The first-order valence-corrected chi connectivity index (χ1v) is 6.46. The average Bonchev–Trinajstić information content (AvgIpc) is 2.39. The molecule has 4 nitrogen and oxygen atoms in total. The van der Waals surface area contributed by atoms with Gasteiger partial charge in [0.25, 0.3) is 0 Å². The van der Waals surface area contributed by atoms with Crippen molar-refractivity contribution in [2.75, 3.05) is 18.1 Å². The highest BCUT2D eigenvalue weighted by Gasteiger charge is 2.24. The monoisotopic (exact) mass is 261 g/mol. The smallest absolute Gasteiger partial charge is 0.328 e. The van der Waals surface area contributed by atoms with E-state index in [1.165, 1.54) is 6.08 Å². The van der Waals surface area contributed by atoms with Crippen LogP contribution >= 0.6 is 0 Å². The molecule has 0 radical (unpaired) electrons. The third-order valence-electron chi connectivity index (χ3n) is 3.26. The summed E-state index contributed by atoms with van der Waals surface area (Å²) in [5.41, 5.74) is 1.98. The van der Waals surface area contributed by atoms with Crippen LogP contribution in [-0.2, 0) is 9.53 Å². The topological polar surface area (TPSA) is 49.8 Å². The summed E-state index contributed by atoms with van der Waals surface area (Å²) in [5, 5.41) is 8.75. The van der Waals surface area contributed by atoms with Crippen molar-refractivity contribution in [1.82, 2.24) is 0 Å². The van der Waals surface area contributed by atoms with Gasteiger partial charge in [0.05, 0.1) is 12.7 Å². The standard InChI is InChI=1S/C15H19NO3/c1-11-10-19-12(2)9-16(11)14-6-4-3-5-13(14)7-8-15(17)18/h3-8,11-12H,9-10H2,1-2H3,(H,17,18)/b8-7+. The molecule has 0 amide bonds. The summed E-state index contributed by atoms with van der Waals surface area (Å²) in [4.78, 5) is 12.9. The van der Waals surface area contributed by atoms with Crippen molar-refractivity contribution in [2.45, 2.75) is 26.0 Å². The summed E-state index contributed by atoms with van der Waals surface area (Å²) in [7, 11) is 0. The normalized spacial score (nSPS) is 23.8.